The van der Waals surface area contributed by atoms with Gasteiger partial charge in [0.15, 0.2) is 0 Å². The second kappa shape index (κ2) is 5.71. The van der Waals surface area contributed by atoms with E-state index >= 15 is 0 Å². The van der Waals surface area contributed by atoms with Gasteiger partial charge in [-0.15, -0.1) is 0 Å². The van der Waals surface area contributed by atoms with E-state index in [4.69, 9.17) is 4.18 Å². The summed E-state index contributed by atoms with van der Waals surface area (Å²) < 4.78 is 26.7. The standard InChI is InChI=1S/C13H19NO3S/c1-18(15,16)17-11-12-6-5-7-13(10-12)14-8-3-2-4-9-14/h5-7,10H,2-4,8-9,11H2,1H3. The van der Waals surface area contributed by atoms with E-state index in [1.54, 1.807) is 0 Å². The summed E-state index contributed by atoms with van der Waals surface area (Å²) in [5.74, 6) is 0. The van der Waals surface area contributed by atoms with Crippen LogP contribution in [-0.4, -0.2) is 27.8 Å². The Kier molecular flexibility index (Phi) is 4.24. The number of nitrogens with zero attached hydrogens (tertiary/aromatic N) is 1. The topological polar surface area (TPSA) is 46.6 Å². The molecule has 0 saturated carbocycles. The van der Waals surface area contributed by atoms with Crippen LogP contribution in [0.5, 0.6) is 0 Å². The fourth-order valence-corrected chi connectivity index (χ4v) is 2.52. The zero-order valence-corrected chi connectivity index (χ0v) is 11.4. The summed E-state index contributed by atoms with van der Waals surface area (Å²) in [6.07, 6.45) is 4.82. The fourth-order valence-electron chi connectivity index (χ4n) is 2.17. The molecule has 1 saturated heterocycles. The third-order valence-corrected chi connectivity index (χ3v) is 3.62. The first-order chi connectivity index (χ1) is 8.54. The van der Waals surface area contributed by atoms with E-state index in [9.17, 15) is 8.42 Å². The lowest BCUT2D eigenvalue weighted by Crippen LogP contribution is -2.29. The molecule has 1 fully saturated rings. The second-order valence-electron chi connectivity index (χ2n) is 4.68. The van der Waals surface area contributed by atoms with Gasteiger partial charge in [-0.1, -0.05) is 12.1 Å². The van der Waals surface area contributed by atoms with Crippen LogP contribution in [0.25, 0.3) is 0 Å². The third-order valence-electron chi connectivity index (χ3n) is 3.07. The molecule has 1 aliphatic rings. The summed E-state index contributed by atoms with van der Waals surface area (Å²) in [5.41, 5.74) is 2.05. The molecule has 1 aromatic rings. The molecule has 0 aliphatic carbocycles. The number of hydrogen-bond donors (Lipinski definition) is 0. The first-order valence-corrected chi connectivity index (χ1v) is 8.04. The SMILES string of the molecule is CS(=O)(=O)OCc1cccc(N2CCCCC2)c1. The van der Waals surface area contributed by atoms with Crippen molar-refractivity contribution in [3.8, 4) is 0 Å². The zero-order chi connectivity index (χ0) is 13.0. The maximum Gasteiger partial charge on any atom is 0.264 e. The van der Waals surface area contributed by atoms with Gasteiger partial charge >= 0.3 is 0 Å². The third kappa shape index (κ3) is 3.99. The summed E-state index contributed by atoms with van der Waals surface area (Å²) in [6.45, 7) is 2.27. The first-order valence-electron chi connectivity index (χ1n) is 6.23. The van der Waals surface area contributed by atoms with Gasteiger partial charge in [0.05, 0.1) is 12.9 Å². The van der Waals surface area contributed by atoms with Crippen LogP contribution in [0.3, 0.4) is 0 Å². The van der Waals surface area contributed by atoms with E-state index < -0.39 is 10.1 Å². The van der Waals surface area contributed by atoms with Crippen LogP contribution >= 0.6 is 0 Å². The first kappa shape index (κ1) is 13.4. The quantitative estimate of drug-likeness (QED) is 0.786. The van der Waals surface area contributed by atoms with E-state index in [0.717, 1.165) is 30.6 Å². The van der Waals surface area contributed by atoms with Gasteiger partial charge in [-0.05, 0) is 37.0 Å². The molecule has 4 nitrogen and oxygen atoms in total. The molecule has 1 aliphatic heterocycles. The smallest absolute Gasteiger partial charge is 0.264 e. The van der Waals surface area contributed by atoms with Crippen molar-refractivity contribution in [1.29, 1.82) is 0 Å². The van der Waals surface area contributed by atoms with Crippen molar-refractivity contribution in [3.63, 3.8) is 0 Å². The van der Waals surface area contributed by atoms with Crippen LogP contribution in [0, 0.1) is 0 Å². The fraction of sp³-hybridized carbons (Fsp3) is 0.538. The minimum absolute atomic E-state index is 0.112. The van der Waals surface area contributed by atoms with E-state index in [2.05, 4.69) is 11.0 Å². The number of rotatable bonds is 4. The van der Waals surface area contributed by atoms with E-state index in [1.807, 2.05) is 18.2 Å². The molecule has 100 valence electrons. The van der Waals surface area contributed by atoms with Crippen LogP contribution in [0.15, 0.2) is 24.3 Å². The van der Waals surface area contributed by atoms with Crippen LogP contribution in [0.2, 0.25) is 0 Å². The molecule has 18 heavy (non-hydrogen) atoms. The average molecular weight is 269 g/mol. The Morgan fingerprint density at radius 1 is 1.22 bits per heavy atom. The van der Waals surface area contributed by atoms with Gasteiger partial charge in [0.2, 0.25) is 0 Å². The zero-order valence-electron chi connectivity index (χ0n) is 10.6. The number of anilines is 1. The van der Waals surface area contributed by atoms with Crippen molar-refractivity contribution < 1.29 is 12.6 Å². The lowest BCUT2D eigenvalue weighted by molar-refractivity contribution is 0.311. The van der Waals surface area contributed by atoms with Crippen molar-refractivity contribution >= 4 is 15.8 Å². The molecule has 1 heterocycles. The molecule has 0 amide bonds. The van der Waals surface area contributed by atoms with Gasteiger partial charge in [-0.25, -0.2) is 0 Å². The van der Waals surface area contributed by atoms with Crippen molar-refractivity contribution in [1.82, 2.24) is 0 Å². The maximum atomic E-state index is 11.0. The maximum absolute atomic E-state index is 11.0. The Labute approximate surface area is 109 Å². The lowest BCUT2D eigenvalue weighted by Gasteiger charge is -2.29. The molecule has 5 heteroatoms. The van der Waals surface area contributed by atoms with Crippen molar-refractivity contribution in [2.24, 2.45) is 0 Å². The Hall–Kier alpha value is -1.07. The predicted molar refractivity (Wildman–Crippen MR) is 72.1 cm³/mol. The molecule has 0 atom stereocenters. The monoisotopic (exact) mass is 269 g/mol. The van der Waals surface area contributed by atoms with Crippen LogP contribution in [-0.2, 0) is 20.9 Å². The minimum atomic E-state index is -3.37. The normalized spacial score (nSPS) is 16.8. The summed E-state index contributed by atoms with van der Waals surface area (Å²) in [4.78, 5) is 2.34. The Morgan fingerprint density at radius 3 is 2.61 bits per heavy atom. The summed E-state index contributed by atoms with van der Waals surface area (Å²) >= 11 is 0. The Balaban J connectivity index is 2.04. The summed E-state index contributed by atoms with van der Waals surface area (Å²) in [6, 6.07) is 7.91. The molecule has 1 aromatic carbocycles. The van der Waals surface area contributed by atoms with Crippen LogP contribution < -0.4 is 4.90 Å². The van der Waals surface area contributed by atoms with Gasteiger partial charge in [-0.3, -0.25) is 4.18 Å². The van der Waals surface area contributed by atoms with Crippen molar-refractivity contribution in [2.45, 2.75) is 25.9 Å². The van der Waals surface area contributed by atoms with Crippen molar-refractivity contribution in [3.05, 3.63) is 29.8 Å². The highest BCUT2D eigenvalue weighted by Gasteiger charge is 2.11. The van der Waals surface area contributed by atoms with Gasteiger partial charge in [0.1, 0.15) is 0 Å². The highest BCUT2D eigenvalue weighted by molar-refractivity contribution is 7.85. The van der Waals surface area contributed by atoms with E-state index in [-0.39, 0.29) is 6.61 Å². The molecule has 0 spiro atoms. The van der Waals surface area contributed by atoms with Crippen molar-refractivity contribution in [2.75, 3.05) is 24.2 Å². The van der Waals surface area contributed by atoms with E-state index in [1.165, 1.54) is 19.3 Å². The molecule has 0 unspecified atom stereocenters. The summed E-state index contributed by atoms with van der Waals surface area (Å²) in [5, 5.41) is 0. The molecular formula is C13H19NO3S. The highest BCUT2D eigenvalue weighted by Crippen LogP contribution is 2.21. The average Bonchev–Trinajstić information content (AvgIpc) is 2.37. The van der Waals surface area contributed by atoms with Crippen LogP contribution in [0.1, 0.15) is 24.8 Å². The molecule has 0 bridgehead atoms. The van der Waals surface area contributed by atoms with E-state index in [0.29, 0.717) is 0 Å². The largest absolute Gasteiger partial charge is 0.372 e. The number of hydrogen-bond acceptors (Lipinski definition) is 4. The van der Waals surface area contributed by atoms with Gasteiger partial charge in [0.25, 0.3) is 10.1 Å². The lowest BCUT2D eigenvalue weighted by atomic mass is 10.1. The molecule has 2 rings (SSSR count). The van der Waals surface area contributed by atoms with Crippen LogP contribution in [0.4, 0.5) is 5.69 Å². The Morgan fingerprint density at radius 2 is 1.94 bits per heavy atom. The molecule has 0 N–H and O–H groups in total. The van der Waals surface area contributed by atoms with Gasteiger partial charge in [0, 0.05) is 18.8 Å². The molecule has 0 aromatic heterocycles. The molecule has 0 radical (unpaired) electrons. The highest BCUT2D eigenvalue weighted by atomic mass is 32.2. The minimum Gasteiger partial charge on any atom is -0.372 e. The van der Waals surface area contributed by atoms with Gasteiger partial charge in [-0.2, -0.15) is 8.42 Å². The predicted octanol–water partition coefficient (Wildman–Crippen LogP) is 2.15. The number of piperidine rings is 1. The Bertz CT molecular complexity index is 493. The second-order valence-corrected chi connectivity index (χ2v) is 6.33. The summed E-state index contributed by atoms with van der Waals surface area (Å²) in [7, 11) is -3.37. The molecular weight excluding hydrogens is 250 g/mol. The number of benzene rings is 1. The van der Waals surface area contributed by atoms with Gasteiger partial charge < -0.3 is 4.90 Å².